The van der Waals surface area contributed by atoms with E-state index < -0.39 is 16.1 Å². The SMILES string of the molecule is Cc1ccc([C@H](NC(=O)[C@@H](C)Oc2ccc(N(C)S(C)(=O)=O)cc2)c2ccccc2)cc1. The third kappa shape index (κ3) is 5.88. The van der Waals surface area contributed by atoms with Crippen LogP contribution >= 0.6 is 0 Å². The third-order valence-corrected chi connectivity index (χ3v) is 6.42. The Bertz CT molecular complexity index is 1140. The van der Waals surface area contributed by atoms with Crippen molar-refractivity contribution in [3.05, 3.63) is 95.6 Å². The molecule has 0 saturated carbocycles. The molecule has 1 amide bonds. The van der Waals surface area contributed by atoms with Gasteiger partial charge in [-0.15, -0.1) is 0 Å². The molecule has 0 radical (unpaired) electrons. The number of hydrogen-bond acceptors (Lipinski definition) is 4. The van der Waals surface area contributed by atoms with Gasteiger partial charge < -0.3 is 10.1 Å². The first-order chi connectivity index (χ1) is 15.1. The first kappa shape index (κ1) is 23.3. The van der Waals surface area contributed by atoms with Crippen molar-refractivity contribution in [2.45, 2.75) is 26.0 Å². The van der Waals surface area contributed by atoms with Crippen LogP contribution in [0.3, 0.4) is 0 Å². The zero-order valence-corrected chi connectivity index (χ0v) is 19.5. The van der Waals surface area contributed by atoms with E-state index in [1.807, 2.05) is 61.5 Å². The summed E-state index contributed by atoms with van der Waals surface area (Å²) in [5.41, 5.74) is 3.62. The van der Waals surface area contributed by atoms with Gasteiger partial charge in [0.1, 0.15) is 5.75 Å². The van der Waals surface area contributed by atoms with E-state index in [9.17, 15) is 13.2 Å². The topological polar surface area (TPSA) is 75.7 Å². The van der Waals surface area contributed by atoms with Crippen LogP contribution in [0.15, 0.2) is 78.9 Å². The number of hydrogen-bond donors (Lipinski definition) is 1. The lowest BCUT2D eigenvalue weighted by atomic mass is 9.97. The number of rotatable bonds is 8. The minimum atomic E-state index is -3.35. The van der Waals surface area contributed by atoms with E-state index in [1.54, 1.807) is 31.2 Å². The second-order valence-corrected chi connectivity index (χ2v) is 9.76. The highest BCUT2D eigenvalue weighted by molar-refractivity contribution is 7.92. The molecular formula is C25H28N2O4S. The molecular weight excluding hydrogens is 424 g/mol. The summed E-state index contributed by atoms with van der Waals surface area (Å²) >= 11 is 0. The Hall–Kier alpha value is -3.32. The molecule has 6 nitrogen and oxygen atoms in total. The van der Waals surface area contributed by atoms with Crippen molar-refractivity contribution in [3.8, 4) is 5.75 Å². The molecule has 0 aliphatic heterocycles. The molecule has 0 aliphatic rings. The number of nitrogens with one attached hydrogen (secondary N) is 1. The first-order valence-electron chi connectivity index (χ1n) is 10.3. The van der Waals surface area contributed by atoms with E-state index in [0.29, 0.717) is 11.4 Å². The minimum absolute atomic E-state index is 0.253. The van der Waals surface area contributed by atoms with Gasteiger partial charge in [0, 0.05) is 7.05 Å². The quantitative estimate of drug-likeness (QED) is 0.559. The van der Waals surface area contributed by atoms with Crippen molar-refractivity contribution in [1.29, 1.82) is 0 Å². The molecule has 3 aromatic rings. The van der Waals surface area contributed by atoms with Gasteiger partial charge in [0.25, 0.3) is 5.91 Å². The molecule has 3 rings (SSSR count). The number of amides is 1. The zero-order chi connectivity index (χ0) is 23.3. The van der Waals surface area contributed by atoms with Gasteiger partial charge in [-0.25, -0.2) is 8.42 Å². The number of nitrogens with zero attached hydrogens (tertiary/aromatic N) is 1. The van der Waals surface area contributed by atoms with E-state index in [4.69, 9.17) is 4.74 Å². The van der Waals surface area contributed by atoms with Gasteiger partial charge in [0.05, 0.1) is 18.0 Å². The Morgan fingerprint density at radius 3 is 2.03 bits per heavy atom. The molecule has 2 atom stereocenters. The lowest BCUT2D eigenvalue weighted by Crippen LogP contribution is -2.39. The van der Waals surface area contributed by atoms with E-state index in [1.165, 1.54) is 11.4 Å². The Balaban J connectivity index is 1.73. The number of aryl methyl sites for hydroxylation is 1. The lowest BCUT2D eigenvalue weighted by Gasteiger charge is -2.23. The van der Waals surface area contributed by atoms with Gasteiger partial charge in [0.15, 0.2) is 6.10 Å². The third-order valence-electron chi connectivity index (χ3n) is 5.21. The Kier molecular flexibility index (Phi) is 7.20. The average molecular weight is 453 g/mol. The molecule has 0 bridgehead atoms. The van der Waals surface area contributed by atoms with Crippen LogP contribution in [0, 0.1) is 6.92 Å². The van der Waals surface area contributed by atoms with Gasteiger partial charge in [-0.3, -0.25) is 9.10 Å². The van der Waals surface area contributed by atoms with Crippen LogP contribution < -0.4 is 14.4 Å². The van der Waals surface area contributed by atoms with Gasteiger partial charge in [0.2, 0.25) is 10.0 Å². The molecule has 0 fully saturated rings. The highest BCUT2D eigenvalue weighted by Crippen LogP contribution is 2.24. The zero-order valence-electron chi connectivity index (χ0n) is 18.6. The second kappa shape index (κ2) is 9.87. The largest absolute Gasteiger partial charge is 0.481 e. The van der Waals surface area contributed by atoms with Crippen LogP contribution in [-0.2, 0) is 14.8 Å². The van der Waals surface area contributed by atoms with E-state index in [2.05, 4.69) is 5.32 Å². The Morgan fingerprint density at radius 1 is 0.906 bits per heavy atom. The first-order valence-corrected chi connectivity index (χ1v) is 12.1. The fourth-order valence-electron chi connectivity index (χ4n) is 3.21. The van der Waals surface area contributed by atoms with Crippen LogP contribution in [0.1, 0.15) is 29.7 Å². The van der Waals surface area contributed by atoms with Crippen molar-refractivity contribution < 1.29 is 17.9 Å². The van der Waals surface area contributed by atoms with Gasteiger partial charge >= 0.3 is 0 Å². The van der Waals surface area contributed by atoms with Crippen LogP contribution in [0.5, 0.6) is 5.75 Å². The summed E-state index contributed by atoms with van der Waals surface area (Å²) in [6.45, 7) is 3.71. The maximum atomic E-state index is 13.0. The summed E-state index contributed by atoms with van der Waals surface area (Å²) in [6, 6.07) is 24.1. The number of ether oxygens (including phenoxy) is 1. The number of sulfonamides is 1. The number of anilines is 1. The average Bonchev–Trinajstić information content (AvgIpc) is 2.78. The second-order valence-electron chi connectivity index (χ2n) is 7.75. The van der Waals surface area contributed by atoms with Crippen molar-refractivity contribution >= 4 is 21.6 Å². The number of carbonyl (C=O) groups excluding carboxylic acids is 1. The molecule has 0 spiro atoms. The summed E-state index contributed by atoms with van der Waals surface area (Å²) in [5, 5.41) is 3.09. The van der Waals surface area contributed by atoms with Gasteiger partial charge in [-0.2, -0.15) is 0 Å². The summed E-state index contributed by atoms with van der Waals surface area (Å²) < 4.78 is 30.3. The smallest absolute Gasteiger partial charge is 0.261 e. The Morgan fingerprint density at radius 2 is 1.47 bits per heavy atom. The summed E-state index contributed by atoms with van der Waals surface area (Å²) in [4.78, 5) is 13.0. The standard InChI is InChI=1S/C25H28N2O4S/c1-18-10-12-21(13-11-18)24(20-8-6-5-7-9-20)26-25(28)19(2)31-23-16-14-22(15-17-23)27(3)32(4,29)30/h5-17,19,24H,1-4H3,(H,26,28)/t19-,24-/m1/s1. The molecule has 32 heavy (non-hydrogen) atoms. The molecule has 0 saturated heterocycles. The molecule has 0 heterocycles. The van der Waals surface area contributed by atoms with Gasteiger partial charge in [-0.1, -0.05) is 60.2 Å². The number of benzene rings is 3. The van der Waals surface area contributed by atoms with Crippen LogP contribution in [0.2, 0.25) is 0 Å². The molecule has 0 unspecified atom stereocenters. The predicted octanol–water partition coefficient (Wildman–Crippen LogP) is 4.06. The van der Waals surface area contributed by atoms with Crippen molar-refractivity contribution in [1.82, 2.24) is 5.32 Å². The maximum absolute atomic E-state index is 13.0. The van der Waals surface area contributed by atoms with Crippen LogP contribution in [0.25, 0.3) is 0 Å². The van der Waals surface area contributed by atoms with Crippen LogP contribution in [-0.4, -0.2) is 33.7 Å². The van der Waals surface area contributed by atoms with Crippen molar-refractivity contribution in [2.75, 3.05) is 17.6 Å². The summed E-state index contributed by atoms with van der Waals surface area (Å²) in [5.74, 6) is 0.224. The summed E-state index contributed by atoms with van der Waals surface area (Å²) in [6.07, 6.45) is 0.395. The molecule has 1 N–H and O–H groups in total. The van der Waals surface area contributed by atoms with Gasteiger partial charge in [-0.05, 0) is 49.2 Å². The minimum Gasteiger partial charge on any atom is -0.481 e. The summed E-state index contributed by atoms with van der Waals surface area (Å²) in [7, 11) is -1.86. The van der Waals surface area contributed by atoms with Crippen molar-refractivity contribution in [3.63, 3.8) is 0 Å². The molecule has 3 aromatic carbocycles. The highest BCUT2D eigenvalue weighted by Gasteiger charge is 2.22. The molecule has 0 aromatic heterocycles. The Labute approximate surface area is 189 Å². The maximum Gasteiger partial charge on any atom is 0.261 e. The fraction of sp³-hybridized carbons (Fsp3) is 0.240. The lowest BCUT2D eigenvalue weighted by molar-refractivity contribution is -0.127. The highest BCUT2D eigenvalue weighted by atomic mass is 32.2. The molecule has 7 heteroatoms. The van der Waals surface area contributed by atoms with E-state index >= 15 is 0 Å². The van der Waals surface area contributed by atoms with E-state index in [-0.39, 0.29) is 11.9 Å². The molecule has 0 aliphatic carbocycles. The normalized spacial score (nSPS) is 13.1. The fourth-order valence-corrected chi connectivity index (χ4v) is 3.71. The molecule has 168 valence electrons. The van der Waals surface area contributed by atoms with Crippen LogP contribution in [0.4, 0.5) is 5.69 Å². The predicted molar refractivity (Wildman–Crippen MR) is 127 cm³/mol. The van der Waals surface area contributed by atoms with E-state index in [0.717, 1.165) is 22.9 Å². The number of carbonyl (C=O) groups is 1. The van der Waals surface area contributed by atoms with Crippen molar-refractivity contribution in [2.24, 2.45) is 0 Å². The monoisotopic (exact) mass is 452 g/mol.